The number of rotatable bonds is 5. The summed E-state index contributed by atoms with van der Waals surface area (Å²) in [6, 6.07) is 22.6. The number of benzene rings is 3. The Labute approximate surface area is 206 Å². The Hall–Kier alpha value is -4.30. The van der Waals surface area contributed by atoms with E-state index in [1.807, 2.05) is 49.4 Å². The van der Waals surface area contributed by atoms with Gasteiger partial charge in [-0.25, -0.2) is 0 Å². The normalized spacial score (nSPS) is 17.1. The molecule has 2 heterocycles. The molecule has 1 amide bonds. The van der Waals surface area contributed by atoms with E-state index in [0.717, 1.165) is 5.56 Å². The number of aryl methyl sites for hydroxylation is 2. The fourth-order valence-corrected chi connectivity index (χ4v) is 4.68. The minimum absolute atomic E-state index is 0.0106. The Bertz CT molecular complexity index is 1440. The molecule has 1 atom stereocenters. The van der Waals surface area contributed by atoms with E-state index >= 15 is 0 Å². The Morgan fingerprint density at radius 1 is 0.914 bits per heavy atom. The van der Waals surface area contributed by atoms with Gasteiger partial charge in [-0.05, 0) is 43.7 Å². The molecule has 1 fully saturated rings. The zero-order valence-corrected chi connectivity index (χ0v) is 19.8. The Morgan fingerprint density at radius 2 is 1.63 bits per heavy atom. The minimum atomic E-state index is -0.900. The van der Waals surface area contributed by atoms with Crippen LogP contribution in [0.1, 0.15) is 27.7 Å². The van der Waals surface area contributed by atoms with Crippen LogP contribution in [0.3, 0.4) is 0 Å². The third-order valence-electron chi connectivity index (χ3n) is 5.64. The van der Waals surface area contributed by atoms with Crippen LogP contribution < -0.4 is 9.64 Å². The van der Waals surface area contributed by atoms with Crippen LogP contribution in [0.15, 0.2) is 84.4 Å². The van der Waals surface area contributed by atoms with Gasteiger partial charge >= 0.3 is 5.91 Å². The predicted octanol–water partition coefficient (Wildman–Crippen LogP) is 5.57. The number of ether oxygens (including phenoxy) is 1. The van der Waals surface area contributed by atoms with Crippen molar-refractivity contribution in [3.63, 3.8) is 0 Å². The minimum Gasteiger partial charge on any atom is -0.507 e. The van der Waals surface area contributed by atoms with Gasteiger partial charge in [-0.15, -0.1) is 10.2 Å². The largest absolute Gasteiger partial charge is 0.507 e. The number of aliphatic hydroxyl groups is 1. The van der Waals surface area contributed by atoms with Gasteiger partial charge in [0.25, 0.3) is 5.78 Å². The summed E-state index contributed by atoms with van der Waals surface area (Å²) in [6.45, 7) is 3.70. The molecule has 1 aromatic heterocycles. The predicted molar refractivity (Wildman–Crippen MR) is 134 cm³/mol. The number of carbonyl (C=O) groups is 2. The number of ketones is 1. The molecule has 0 bridgehead atoms. The highest BCUT2D eigenvalue weighted by molar-refractivity contribution is 7.15. The second-order valence-corrected chi connectivity index (χ2v) is 9.29. The molecule has 1 saturated heterocycles. The first kappa shape index (κ1) is 22.5. The zero-order valence-electron chi connectivity index (χ0n) is 19.0. The van der Waals surface area contributed by atoms with E-state index in [1.165, 1.54) is 16.2 Å². The molecule has 7 nitrogen and oxygen atoms in total. The monoisotopic (exact) mass is 483 g/mol. The van der Waals surface area contributed by atoms with E-state index in [4.69, 9.17) is 4.74 Å². The van der Waals surface area contributed by atoms with Gasteiger partial charge in [-0.3, -0.25) is 14.5 Å². The van der Waals surface area contributed by atoms with Crippen LogP contribution in [-0.2, 0) is 9.59 Å². The Balaban J connectivity index is 1.65. The number of hydrogen-bond donors (Lipinski definition) is 1. The molecule has 4 aromatic rings. The van der Waals surface area contributed by atoms with Gasteiger partial charge in [0.2, 0.25) is 5.13 Å². The van der Waals surface area contributed by atoms with E-state index in [1.54, 1.807) is 43.3 Å². The third-order valence-corrected chi connectivity index (χ3v) is 6.48. The second kappa shape index (κ2) is 9.15. The van der Waals surface area contributed by atoms with Crippen LogP contribution in [0.25, 0.3) is 5.76 Å². The standard InChI is InChI=1S/C27H21N3O4S/c1-16-11-13-18(14-12-16)24(31)22-23(30(26(33)25(22)32)27-29-28-17(2)35-27)19-7-6-10-21(15-19)34-20-8-4-3-5-9-20/h3-15,23,31H,1-2H3/b24-22+. The molecule has 5 rings (SSSR count). The lowest BCUT2D eigenvalue weighted by Gasteiger charge is -2.23. The van der Waals surface area contributed by atoms with Crippen molar-refractivity contribution >= 4 is 33.9 Å². The molecule has 1 aliphatic rings. The fourth-order valence-electron chi connectivity index (χ4n) is 3.97. The summed E-state index contributed by atoms with van der Waals surface area (Å²) in [5.74, 6) is -0.614. The van der Waals surface area contributed by atoms with E-state index in [0.29, 0.717) is 27.6 Å². The highest BCUT2D eigenvalue weighted by atomic mass is 32.1. The molecule has 3 aromatic carbocycles. The summed E-state index contributed by atoms with van der Waals surface area (Å²) in [5.41, 5.74) is 2.04. The number of Topliss-reactive ketones (excluding diaryl/α,β-unsaturated/α-hetero) is 1. The van der Waals surface area contributed by atoms with Crippen LogP contribution in [0.5, 0.6) is 11.5 Å². The number of aliphatic hydroxyl groups excluding tert-OH is 1. The number of nitrogens with zero attached hydrogens (tertiary/aromatic N) is 3. The van der Waals surface area contributed by atoms with Crippen LogP contribution in [0, 0.1) is 13.8 Å². The first-order valence-corrected chi connectivity index (χ1v) is 11.7. The molecule has 8 heteroatoms. The van der Waals surface area contributed by atoms with Gasteiger partial charge in [0.15, 0.2) is 0 Å². The van der Waals surface area contributed by atoms with Gasteiger partial charge in [0.1, 0.15) is 22.3 Å². The smallest absolute Gasteiger partial charge is 0.301 e. The fraction of sp³-hybridized carbons (Fsp3) is 0.111. The van der Waals surface area contributed by atoms with E-state index in [9.17, 15) is 14.7 Å². The number of carbonyl (C=O) groups excluding carboxylic acids is 2. The number of anilines is 1. The second-order valence-electron chi connectivity index (χ2n) is 8.13. The molecule has 0 spiro atoms. The summed E-state index contributed by atoms with van der Waals surface area (Å²) in [5, 5.41) is 20.3. The molecule has 1 unspecified atom stereocenters. The van der Waals surface area contributed by atoms with Crippen molar-refractivity contribution in [1.29, 1.82) is 0 Å². The molecule has 0 radical (unpaired) electrons. The van der Waals surface area contributed by atoms with Crippen LogP contribution in [0.2, 0.25) is 0 Å². The van der Waals surface area contributed by atoms with Crippen molar-refractivity contribution < 1.29 is 19.4 Å². The molecule has 1 N–H and O–H groups in total. The molecule has 0 saturated carbocycles. The maximum atomic E-state index is 13.3. The van der Waals surface area contributed by atoms with Crippen LogP contribution in [-0.4, -0.2) is 27.0 Å². The van der Waals surface area contributed by atoms with Crippen molar-refractivity contribution in [3.8, 4) is 11.5 Å². The summed E-state index contributed by atoms with van der Waals surface area (Å²) in [7, 11) is 0. The SMILES string of the molecule is Cc1ccc(/C(O)=C2\C(=O)C(=O)N(c3nnc(C)s3)C2c2cccc(Oc3ccccc3)c2)cc1. The summed E-state index contributed by atoms with van der Waals surface area (Å²) >= 11 is 1.20. The third kappa shape index (κ3) is 4.31. The quantitative estimate of drug-likeness (QED) is 0.227. The number of aromatic nitrogens is 2. The Kier molecular flexibility index (Phi) is 5.88. The number of para-hydroxylation sites is 1. The van der Waals surface area contributed by atoms with Gasteiger partial charge in [0, 0.05) is 5.56 Å². The van der Waals surface area contributed by atoms with E-state index < -0.39 is 17.7 Å². The topological polar surface area (TPSA) is 92.6 Å². The molecule has 0 aliphatic carbocycles. The molecule has 1 aliphatic heterocycles. The van der Waals surface area contributed by atoms with Gasteiger partial charge in [-0.2, -0.15) is 0 Å². The van der Waals surface area contributed by atoms with Crippen molar-refractivity contribution in [2.24, 2.45) is 0 Å². The first-order valence-electron chi connectivity index (χ1n) is 10.9. The summed E-state index contributed by atoms with van der Waals surface area (Å²) in [6.07, 6.45) is 0. The van der Waals surface area contributed by atoms with E-state index in [2.05, 4.69) is 10.2 Å². The first-order chi connectivity index (χ1) is 16.9. The molecular formula is C27H21N3O4S. The summed E-state index contributed by atoms with van der Waals surface area (Å²) in [4.78, 5) is 27.8. The maximum absolute atomic E-state index is 13.3. The average molecular weight is 484 g/mol. The number of hydrogen-bond acceptors (Lipinski definition) is 7. The molecule has 35 heavy (non-hydrogen) atoms. The summed E-state index contributed by atoms with van der Waals surface area (Å²) < 4.78 is 5.98. The van der Waals surface area contributed by atoms with Crippen molar-refractivity contribution in [3.05, 3.63) is 106 Å². The van der Waals surface area contributed by atoms with Crippen LogP contribution in [0.4, 0.5) is 5.13 Å². The van der Waals surface area contributed by atoms with Gasteiger partial charge in [-0.1, -0.05) is 71.5 Å². The van der Waals surface area contributed by atoms with Gasteiger partial charge in [0.05, 0.1) is 11.6 Å². The van der Waals surface area contributed by atoms with E-state index in [-0.39, 0.29) is 16.5 Å². The van der Waals surface area contributed by atoms with Crippen molar-refractivity contribution in [2.45, 2.75) is 19.9 Å². The van der Waals surface area contributed by atoms with Crippen LogP contribution >= 0.6 is 11.3 Å². The molecule has 174 valence electrons. The van der Waals surface area contributed by atoms with Gasteiger partial charge < -0.3 is 9.84 Å². The molecular weight excluding hydrogens is 462 g/mol. The highest BCUT2D eigenvalue weighted by Gasteiger charge is 2.48. The van der Waals surface area contributed by atoms with Crippen molar-refractivity contribution in [1.82, 2.24) is 10.2 Å². The zero-order chi connectivity index (χ0) is 24.5. The lowest BCUT2D eigenvalue weighted by molar-refractivity contribution is -0.132. The highest BCUT2D eigenvalue weighted by Crippen LogP contribution is 2.43. The maximum Gasteiger partial charge on any atom is 0.301 e. The average Bonchev–Trinajstić information content (AvgIpc) is 3.40. The number of amides is 1. The Morgan fingerprint density at radius 3 is 2.31 bits per heavy atom. The lowest BCUT2D eigenvalue weighted by Crippen LogP contribution is -2.29. The van der Waals surface area contributed by atoms with Crippen molar-refractivity contribution in [2.75, 3.05) is 4.90 Å². The lowest BCUT2D eigenvalue weighted by atomic mass is 9.95.